The Morgan fingerprint density at radius 2 is 1.49 bits per heavy atom. The largest absolute Gasteiger partial charge is 0.478 e. The quantitative estimate of drug-likeness (QED) is 0.181. The standard InChI is InChI=1S/C30H23F5N4O4/c1-15-12-16(2)38-29(37-15)43-27(28(41)42)30(17-8-4-3-5-9-17)19-10-6-7-11-20(19)39(21(40)13-36-30)14-18-22(31)24(33)26(35)25(34)23(18)32/h3-12,27,36H,13-14H2,1-2H3,(H,41,42)/t27-,30+/m1/s1. The van der Waals surface area contributed by atoms with E-state index in [0.717, 1.165) is 4.90 Å². The fourth-order valence-corrected chi connectivity index (χ4v) is 5.22. The van der Waals surface area contributed by atoms with Gasteiger partial charge in [0.15, 0.2) is 23.3 Å². The van der Waals surface area contributed by atoms with E-state index >= 15 is 0 Å². The number of carbonyl (C=O) groups excluding carboxylic acids is 1. The minimum absolute atomic E-state index is 0.0542. The number of para-hydroxylation sites is 1. The van der Waals surface area contributed by atoms with Crippen LogP contribution in [0.3, 0.4) is 0 Å². The Morgan fingerprint density at radius 1 is 0.930 bits per heavy atom. The number of carbonyl (C=O) groups is 2. The number of hydrogen-bond donors (Lipinski definition) is 2. The van der Waals surface area contributed by atoms with Gasteiger partial charge in [0.2, 0.25) is 17.8 Å². The van der Waals surface area contributed by atoms with Crippen LogP contribution in [0.1, 0.15) is 28.1 Å². The average molecular weight is 599 g/mol. The van der Waals surface area contributed by atoms with Crippen molar-refractivity contribution in [2.75, 3.05) is 11.4 Å². The number of hydrogen-bond acceptors (Lipinski definition) is 6. The van der Waals surface area contributed by atoms with E-state index in [1.807, 2.05) is 0 Å². The number of aryl methyl sites for hydroxylation is 2. The third kappa shape index (κ3) is 5.16. The minimum atomic E-state index is -2.33. The number of rotatable bonds is 7. The monoisotopic (exact) mass is 598 g/mol. The SMILES string of the molecule is Cc1cc(C)nc(O[C@H](C(=O)O)[C@@]2(c3ccccc3)NCC(=O)N(Cc3c(F)c(F)c(F)c(F)c3F)c3ccccc32)n1. The number of fused-ring (bicyclic) bond motifs is 1. The van der Waals surface area contributed by atoms with Crippen LogP contribution >= 0.6 is 0 Å². The lowest BCUT2D eigenvalue weighted by molar-refractivity contribution is -0.149. The molecule has 1 aliphatic heterocycles. The van der Waals surface area contributed by atoms with Crippen molar-refractivity contribution in [3.63, 3.8) is 0 Å². The highest BCUT2D eigenvalue weighted by molar-refractivity contribution is 5.97. The summed E-state index contributed by atoms with van der Waals surface area (Å²) in [4.78, 5) is 35.8. The first-order valence-electron chi connectivity index (χ1n) is 12.9. The number of aromatic nitrogens is 2. The number of carboxylic acids is 1. The van der Waals surface area contributed by atoms with Crippen molar-refractivity contribution >= 4 is 17.6 Å². The van der Waals surface area contributed by atoms with E-state index in [0.29, 0.717) is 17.0 Å². The highest BCUT2D eigenvalue weighted by Gasteiger charge is 2.52. The van der Waals surface area contributed by atoms with E-state index in [1.54, 1.807) is 50.2 Å². The molecule has 222 valence electrons. The fraction of sp³-hybridized carbons (Fsp3) is 0.200. The molecule has 5 rings (SSSR count). The zero-order chi connectivity index (χ0) is 31.1. The molecule has 0 aliphatic carbocycles. The molecule has 0 saturated carbocycles. The molecule has 0 radical (unpaired) electrons. The lowest BCUT2D eigenvalue weighted by atomic mass is 9.77. The number of carboxylic acid groups (broad SMARTS) is 1. The Kier molecular flexibility index (Phi) is 7.84. The number of ether oxygens (including phenoxy) is 1. The van der Waals surface area contributed by atoms with Gasteiger partial charge in [0, 0.05) is 28.2 Å². The van der Waals surface area contributed by atoms with Crippen LogP contribution in [0, 0.1) is 42.9 Å². The molecule has 0 bridgehead atoms. The zero-order valence-corrected chi connectivity index (χ0v) is 22.7. The Morgan fingerprint density at radius 3 is 2.09 bits per heavy atom. The molecule has 1 aliphatic rings. The van der Waals surface area contributed by atoms with E-state index in [1.165, 1.54) is 24.3 Å². The van der Waals surface area contributed by atoms with Gasteiger partial charge in [-0.1, -0.05) is 48.5 Å². The van der Waals surface area contributed by atoms with Gasteiger partial charge < -0.3 is 14.7 Å². The molecular formula is C30H23F5N4O4. The molecular weight excluding hydrogens is 575 g/mol. The van der Waals surface area contributed by atoms with Crippen molar-refractivity contribution in [2.45, 2.75) is 32.0 Å². The number of aliphatic carboxylic acids is 1. The van der Waals surface area contributed by atoms with Crippen LogP contribution in [0.25, 0.3) is 0 Å². The molecule has 0 spiro atoms. The fourth-order valence-electron chi connectivity index (χ4n) is 5.22. The van der Waals surface area contributed by atoms with Crippen LogP contribution in [-0.2, 0) is 21.7 Å². The third-order valence-corrected chi connectivity index (χ3v) is 7.09. The average Bonchev–Trinajstić information content (AvgIpc) is 3.10. The number of nitrogens with one attached hydrogen (secondary N) is 1. The molecule has 0 saturated heterocycles. The number of halogens is 5. The van der Waals surface area contributed by atoms with Crippen molar-refractivity contribution in [1.82, 2.24) is 15.3 Å². The number of anilines is 1. The molecule has 2 atom stereocenters. The summed E-state index contributed by atoms with van der Waals surface area (Å²) in [6, 6.07) is 15.4. The highest BCUT2D eigenvalue weighted by atomic mass is 19.2. The Labute approximate surface area is 241 Å². The predicted octanol–water partition coefficient (Wildman–Crippen LogP) is 4.70. The number of nitrogens with zero attached hydrogens (tertiary/aromatic N) is 3. The molecule has 13 heteroatoms. The Hall–Kier alpha value is -4.91. The minimum Gasteiger partial charge on any atom is -0.478 e. The molecule has 1 amide bonds. The molecule has 0 unspecified atom stereocenters. The summed E-state index contributed by atoms with van der Waals surface area (Å²) in [6.07, 6.45) is -1.83. The van der Waals surface area contributed by atoms with Gasteiger partial charge in [0.05, 0.1) is 13.1 Å². The summed E-state index contributed by atoms with van der Waals surface area (Å²) in [5.41, 5.74) is -1.72. The molecule has 4 aromatic rings. The van der Waals surface area contributed by atoms with Crippen molar-refractivity contribution < 1.29 is 41.4 Å². The normalized spacial score (nSPS) is 17.3. The predicted molar refractivity (Wildman–Crippen MR) is 143 cm³/mol. The van der Waals surface area contributed by atoms with Gasteiger partial charge in [0.1, 0.15) is 5.54 Å². The molecule has 0 fully saturated rings. The maximum Gasteiger partial charge on any atom is 0.347 e. The van der Waals surface area contributed by atoms with Crippen LogP contribution in [0.2, 0.25) is 0 Å². The van der Waals surface area contributed by atoms with Crippen molar-refractivity contribution in [2.24, 2.45) is 0 Å². The summed E-state index contributed by atoms with van der Waals surface area (Å²) in [6.45, 7) is 1.66. The van der Waals surface area contributed by atoms with Crippen molar-refractivity contribution in [3.8, 4) is 6.01 Å². The maximum atomic E-state index is 14.7. The second kappa shape index (κ2) is 11.4. The van der Waals surface area contributed by atoms with Gasteiger partial charge >= 0.3 is 12.0 Å². The summed E-state index contributed by atoms with van der Waals surface area (Å²) in [5, 5.41) is 13.5. The summed E-state index contributed by atoms with van der Waals surface area (Å²) in [7, 11) is 0. The second-order valence-corrected chi connectivity index (χ2v) is 9.84. The highest BCUT2D eigenvalue weighted by Crippen LogP contribution is 2.42. The first kappa shape index (κ1) is 29.6. The van der Waals surface area contributed by atoms with Gasteiger partial charge in [-0.25, -0.2) is 36.7 Å². The lowest BCUT2D eigenvalue weighted by Crippen LogP contribution is -2.58. The van der Waals surface area contributed by atoms with E-state index in [2.05, 4.69) is 15.3 Å². The van der Waals surface area contributed by atoms with Crippen LogP contribution in [0.5, 0.6) is 6.01 Å². The Bertz CT molecular complexity index is 1690. The van der Waals surface area contributed by atoms with Crippen LogP contribution < -0.4 is 15.0 Å². The number of benzene rings is 3. The van der Waals surface area contributed by atoms with Crippen LogP contribution in [0.4, 0.5) is 27.6 Å². The van der Waals surface area contributed by atoms with Gasteiger partial charge in [0.25, 0.3) is 0 Å². The first-order chi connectivity index (χ1) is 20.5. The van der Waals surface area contributed by atoms with E-state index in [9.17, 15) is 36.6 Å². The Balaban J connectivity index is 1.74. The third-order valence-electron chi connectivity index (χ3n) is 7.09. The molecule has 2 N–H and O–H groups in total. The van der Waals surface area contributed by atoms with Crippen molar-refractivity contribution in [1.29, 1.82) is 0 Å². The van der Waals surface area contributed by atoms with Crippen molar-refractivity contribution in [3.05, 3.63) is 118 Å². The summed E-state index contributed by atoms with van der Waals surface area (Å²) >= 11 is 0. The lowest BCUT2D eigenvalue weighted by Gasteiger charge is -2.39. The van der Waals surface area contributed by atoms with Crippen LogP contribution in [0.15, 0.2) is 60.7 Å². The first-order valence-corrected chi connectivity index (χ1v) is 12.9. The van der Waals surface area contributed by atoms with E-state index < -0.39 is 71.3 Å². The molecule has 2 heterocycles. The smallest absolute Gasteiger partial charge is 0.347 e. The second-order valence-electron chi connectivity index (χ2n) is 9.84. The summed E-state index contributed by atoms with van der Waals surface area (Å²) < 4.78 is 77.3. The molecule has 3 aromatic carbocycles. The van der Waals surface area contributed by atoms with Gasteiger partial charge in [-0.3, -0.25) is 10.1 Å². The summed E-state index contributed by atoms with van der Waals surface area (Å²) in [5.74, 6) is -13.2. The maximum absolute atomic E-state index is 14.7. The van der Waals surface area contributed by atoms with E-state index in [-0.39, 0.29) is 17.3 Å². The molecule has 1 aromatic heterocycles. The zero-order valence-electron chi connectivity index (χ0n) is 22.7. The number of amides is 1. The molecule has 8 nitrogen and oxygen atoms in total. The van der Waals surface area contributed by atoms with Gasteiger partial charge in [-0.05, 0) is 31.5 Å². The van der Waals surface area contributed by atoms with Gasteiger partial charge in [-0.2, -0.15) is 0 Å². The van der Waals surface area contributed by atoms with Gasteiger partial charge in [-0.15, -0.1) is 0 Å². The molecule has 43 heavy (non-hydrogen) atoms. The topological polar surface area (TPSA) is 105 Å². The van der Waals surface area contributed by atoms with E-state index in [4.69, 9.17) is 4.74 Å². The van der Waals surface area contributed by atoms with Crippen LogP contribution in [-0.4, -0.2) is 39.6 Å².